The second-order valence-corrected chi connectivity index (χ2v) is 7.99. The van der Waals surface area contributed by atoms with Gasteiger partial charge in [0.15, 0.2) is 11.6 Å². The lowest BCUT2D eigenvalue weighted by Gasteiger charge is -2.23. The van der Waals surface area contributed by atoms with Crippen LogP contribution >= 0.6 is 11.6 Å². The zero-order valence-corrected chi connectivity index (χ0v) is 16.6. The molecule has 3 N–H and O–H groups in total. The van der Waals surface area contributed by atoms with E-state index in [1.54, 1.807) is 4.57 Å². The van der Waals surface area contributed by atoms with Gasteiger partial charge >= 0.3 is 5.97 Å². The largest absolute Gasteiger partial charge is 0.477 e. The minimum absolute atomic E-state index is 0.000340. The number of carboxylic acids is 1. The first-order valence-electron chi connectivity index (χ1n) is 9.70. The lowest BCUT2D eigenvalue weighted by Crippen LogP contribution is -2.27. The molecule has 1 aliphatic heterocycles. The highest BCUT2D eigenvalue weighted by molar-refractivity contribution is 6.30. The van der Waals surface area contributed by atoms with Gasteiger partial charge in [0.2, 0.25) is 5.43 Å². The van der Waals surface area contributed by atoms with Crippen molar-refractivity contribution in [1.82, 2.24) is 9.55 Å². The normalized spacial score (nSPS) is 19.3. The first-order valence-corrected chi connectivity index (χ1v) is 10.1. The van der Waals surface area contributed by atoms with Gasteiger partial charge in [-0.1, -0.05) is 17.2 Å². The van der Waals surface area contributed by atoms with Crippen molar-refractivity contribution in [2.75, 3.05) is 24.5 Å². The van der Waals surface area contributed by atoms with Crippen LogP contribution in [-0.2, 0) is 0 Å². The summed E-state index contributed by atoms with van der Waals surface area (Å²) in [5, 5.41) is 10.00. The highest BCUT2D eigenvalue weighted by atomic mass is 35.5. The van der Waals surface area contributed by atoms with Gasteiger partial charge in [0.05, 0.1) is 5.39 Å². The number of pyridine rings is 2. The maximum absolute atomic E-state index is 15.0. The number of hydrogen-bond acceptors (Lipinski definition) is 5. The van der Waals surface area contributed by atoms with Crippen molar-refractivity contribution in [3.8, 4) is 0 Å². The first-order chi connectivity index (χ1) is 13.9. The molecule has 2 aromatic heterocycles. The van der Waals surface area contributed by atoms with Crippen LogP contribution in [-0.4, -0.2) is 40.3 Å². The Morgan fingerprint density at radius 3 is 2.76 bits per heavy atom. The molecule has 0 atom stereocenters. The third kappa shape index (κ3) is 3.74. The number of carbonyl (C=O) groups is 1. The van der Waals surface area contributed by atoms with Gasteiger partial charge in [-0.2, -0.15) is 0 Å². The number of carboxylic acid groups (broad SMARTS) is 1. The van der Waals surface area contributed by atoms with Crippen LogP contribution in [0.2, 0.25) is 0 Å². The van der Waals surface area contributed by atoms with Crippen molar-refractivity contribution in [3.63, 3.8) is 0 Å². The number of nitrogens with two attached hydrogens (primary N) is 1. The van der Waals surface area contributed by atoms with Crippen molar-refractivity contribution in [2.24, 2.45) is 5.73 Å². The fourth-order valence-corrected chi connectivity index (χ4v) is 4.05. The zero-order valence-electron chi connectivity index (χ0n) is 15.8. The summed E-state index contributed by atoms with van der Waals surface area (Å²) in [4.78, 5) is 30.4. The predicted molar refractivity (Wildman–Crippen MR) is 109 cm³/mol. The molecule has 0 unspecified atom stereocenters. The lowest BCUT2D eigenvalue weighted by molar-refractivity contribution is 0.0695. The van der Waals surface area contributed by atoms with Crippen molar-refractivity contribution in [2.45, 2.75) is 38.1 Å². The highest BCUT2D eigenvalue weighted by Crippen LogP contribution is 2.37. The number of fused-ring (bicyclic) bond motifs is 1. The summed E-state index contributed by atoms with van der Waals surface area (Å²) in [5.74, 6) is -1.77. The van der Waals surface area contributed by atoms with E-state index in [0.717, 1.165) is 37.3 Å². The molecule has 7 nitrogen and oxygen atoms in total. The second-order valence-electron chi connectivity index (χ2n) is 7.53. The Bertz CT molecular complexity index is 1080. The maximum Gasteiger partial charge on any atom is 0.341 e. The highest BCUT2D eigenvalue weighted by Gasteiger charge is 2.29. The van der Waals surface area contributed by atoms with E-state index in [2.05, 4.69) is 4.98 Å². The van der Waals surface area contributed by atoms with Crippen LogP contribution in [0.5, 0.6) is 0 Å². The van der Waals surface area contributed by atoms with Crippen LogP contribution in [0.25, 0.3) is 11.0 Å². The van der Waals surface area contributed by atoms with E-state index in [-0.39, 0.29) is 22.8 Å². The molecule has 154 valence electrons. The summed E-state index contributed by atoms with van der Waals surface area (Å²) in [6.07, 6.45) is 5.35. The Labute approximate surface area is 171 Å². The molecule has 0 radical (unpaired) electrons. The standard InChI is InChI=1S/C20H22ClFN4O3/c21-15(9-23)11-2-1-6-25(7-5-11)19-16(22)8-13-17(27)14(20(28)29)10-26(12-3-4-12)18(13)24-19/h8,10,12H,1-7,9,23H2,(H,28,29)/b15-11+. The van der Waals surface area contributed by atoms with Crippen molar-refractivity contribution >= 4 is 34.4 Å². The van der Waals surface area contributed by atoms with E-state index < -0.39 is 17.2 Å². The van der Waals surface area contributed by atoms with Gasteiger partial charge in [-0.05, 0) is 38.2 Å². The molecule has 1 aliphatic carbocycles. The van der Waals surface area contributed by atoms with Crippen molar-refractivity contribution in [1.29, 1.82) is 0 Å². The Kier molecular flexibility index (Phi) is 5.31. The number of hydrogen-bond donors (Lipinski definition) is 2. The minimum atomic E-state index is -1.32. The quantitative estimate of drug-likeness (QED) is 0.788. The number of rotatable bonds is 4. The Morgan fingerprint density at radius 1 is 1.34 bits per heavy atom. The van der Waals surface area contributed by atoms with Crippen LogP contribution in [0.3, 0.4) is 0 Å². The van der Waals surface area contributed by atoms with Gasteiger partial charge in [0.25, 0.3) is 0 Å². The van der Waals surface area contributed by atoms with E-state index in [1.807, 2.05) is 4.90 Å². The average molecular weight is 421 g/mol. The van der Waals surface area contributed by atoms with Crippen LogP contribution in [0.4, 0.5) is 10.2 Å². The molecule has 0 amide bonds. The molecule has 2 fully saturated rings. The molecule has 0 aromatic carbocycles. The predicted octanol–water partition coefficient (Wildman–Crippen LogP) is 3.01. The van der Waals surface area contributed by atoms with Gasteiger partial charge in [0, 0.05) is 36.9 Å². The molecule has 0 bridgehead atoms. The smallest absolute Gasteiger partial charge is 0.341 e. The number of halogens is 2. The topological polar surface area (TPSA) is 101 Å². The molecular formula is C20H22ClFN4O3. The number of nitrogens with zero attached hydrogens (tertiary/aromatic N) is 3. The summed E-state index contributed by atoms with van der Waals surface area (Å²) in [7, 11) is 0. The zero-order chi connectivity index (χ0) is 20.7. The van der Waals surface area contributed by atoms with E-state index in [1.165, 1.54) is 6.20 Å². The molecule has 0 spiro atoms. The van der Waals surface area contributed by atoms with Crippen LogP contribution < -0.4 is 16.1 Å². The van der Waals surface area contributed by atoms with Crippen LogP contribution in [0.15, 0.2) is 27.7 Å². The summed E-state index contributed by atoms with van der Waals surface area (Å²) >= 11 is 6.20. The Hall–Kier alpha value is -2.45. The minimum Gasteiger partial charge on any atom is -0.477 e. The van der Waals surface area contributed by atoms with E-state index >= 15 is 0 Å². The van der Waals surface area contributed by atoms with Gasteiger partial charge in [0.1, 0.15) is 11.2 Å². The summed E-state index contributed by atoms with van der Waals surface area (Å²) in [6, 6.07) is 1.21. The van der Waals surface area contributed by atoms with Gasteiger partial charge in [-0.25, -0.2) is 14.2 Å². The number of aromatic carboxylic acids is 1. The van der Waals surface area contributed by atoms with Crippen molar-refractivity contribution < 1.29 is 14.3 Å². The molecule has 1 saturated carbocycles. The SMILES string of the molecule is NC/C(Cl)=C1/CCCN(c2nc3c(cc2F)c(=O)c(C(=O)O)cn3C2CC2)CC1. The van der Waals surface area contributed by atoms with Gasteiger partial charge < -0.3 is 20.3 Å². The van der Waals surface area contributed by atoms with Gasteiger partial charge in [-0.3, -0.25) is 4.79 Å². The van der Waals surface area contributed by atoms with E-state index in [9.17, 15) is 19.1 Å². The Morgan fingerprint density at radius 2 is 2.10 bits per heavy atom. The van der Waals surface area contributed by atoms with E-state index in [4.69, 9.17) is 17.3 Å². The third-order valence-electron chi connectivity index (χ3n) is 5.56. The summed E-state index contributed by atoms with van der Waals surface area (Å²) in [5.41, 5.74) is 5.98. The molecule has 9 heteroatoms. The fourth-order valence-electron chi connectivity index (χ4n) is 3.86. The van der Waals surface area contributed by atoms with Crippen molar-refractivity contribution in [3.05, 3.63) is 44.5 Å². The third-order valence-corrected chi connectivity index (χ3v) is 5.98. The molecule has 2 aliphatic rings. The second kappa shape index (κ2) is 7.76. The fraction of sp³-hybridized carbons (Fsp3) is 0.450. The first kappa shape index (κ1) is 19.8. The monoisotopic (exact) mass is 420 g/mol. The summed E-state index contributed by atoms with van der Waals surface area (Å²) in [6.45, 7) is 1.44. The molecule has 3 heterocycles. The molecule has 4 rings (SSSR count). The average Bonchev–Trinajstić information content (AvgIpc) is 3.54. The molecule has 29 heavy (non-hydrogen) atoms. The molecule has 1 saturated heterocycles. The maximum atomic E-state index is 15.0. The van der Waals surface area contributed by atoms with Crippen LogP contribution in [0.1, 0.15) is 48.5 Å². The molecule has 2 aromatic rings. The lowest BCUT2D eigenvalue weighted by atomic mass is 10.1. The number of anilines is 1. The van der Waals surface area contributed by atoms with E-state index in [0.29, 0.717) is 36.7 Å². The van der Waals surface area contributed by atoms with Gasteiger partial charge in [-0.15, -0.1) is 0 Å². The Balaban J connectivity index is 1.80. The molecular weight excluding hydrogens is 399 g/mol. The van der Waals surface area contributed by atoms with Crippen LogP contribution in [0, 0.1) is 5.82 Å². The number of aromatic nitrogens is 2. The summed E-state index contributed by atoms with van der Waals surface area (Å²) < 4.78 is 16.7.